The Morgan fingerprint density at radius 3 is 1.13 bits per heavy atom. The van der Waals surface area contributed by atoms with Crippen molar-refractivity contribution in [2.75, 3.05) is 8.61 Å². The summed E-state index contributed by atoms with van der Waals surface area (Å²) in [5, 5.41) is 0. The number of rotatable bonds is 8. The summed E-state index contributed by atoms with van der Waals surface area (Å²) in [7, 11) is -8.93. The summed E-state index contributed by atoms with van der Waals surface area (Å²) in [6.07, 6.45) is 5.50. The quantitative estimate of drug-likeness (QED) is 0.206. The minimum Gasteiger partial charge on any atom is -0.268 e. The Bertz CT molecular complexity index is 2000. The average Bonchev–Trinajstić information content (AvgIpc) is 3.02. The SMILES string of the molecule is Cc1ccc(S(=O)(=O)N(C(=O)c2ccncc2)c2ccc(N(C(=O)c3ccncc3)S(=O)(=O)c3ccc(C)cc3C)cc2)c(C)c1. The molecule has 46 heavy (non-hydrogen) atoms. The number of pyridine rings is 2. The smallest absolute Gasteiger partial charge is 0.268 e. The van der Waals surface area contributed by atoms with Crippen LogP contribution < -0.4 is 8.61 Å². The average molecular weight is 655 g/mol. The van der Waals surface area contributed by atoms with Crippen LogP contribution in [0.5, 0.6) is 0 Å². The van der Waals surface area contributed by atoms with Crippen LogP contribution in [0.1, 0.15) is 43.0 Å². The number of aromatic nitrogens is 2. The molecule has 0 aliphatic carbocycles. The topological polar surface area (TPSA) is 135 Å². The number of benzene rings is 3. The van der Waals surface area contributed by atoms with Gasteiger partial charge in [0.05, 0.1) is 21.2 Å². The van der Waals surface area contributed by atoms with Crippen LogP contribution in [-0.4, -0.2) is 38.6 Å². The van der Waals surface area contributed by atoms with E-state index in [1.807, 2.05) is 13.8 Å². The second kappa shape index (κ2) is 12.7. The third kappa shape index (κ3) is 6.17. The second-order valence-electron chi connectivity index (χ2n) is 10.7. The summed E-state index contributed by atoms with van der Waals surface area (Å²) in [5.74, 6) is -1.69. The Balaban J connectivity index is 1.67. The lowest BCUT2D eigenvalue weighted by atomic mass is 10.2. The number of hydrogen-bond donors (Lipinski definition) is 0. The van der Waals surface area contributed by atoms with Crippen LogP contribution >= 0.6 is 0 Å². The number of amides is 2. The van der Waals surface area contributed by atoms with Gasteiger partial charge < -0.3 is 0 Å². The van der Waals surface area contributed by atoms with Gasteiger partial charge in [-0.1, -0.05) is 35.4 Å². The van der Waals surface area contributed by atoms with Gasteiger partial charge in [0.2, 0.25) is 0 Å². The van der Waals surface area contributed by atoms with Crippen LogP contribution in [0.15, 0.2) is 120 Å². The fourth-order valence-corrected chi connectivity index (χ4v) is 8.30. The maximum absolute atomic E-state index is 14.1. The molecule has 0 aliphatic rings. The monoisotopic (exact) mass is 654 g/mol. The van der Waals surface area contributed by atoms with Gasteiger partial charge in [0.15, 0.2) is 0 Å². The van der Waals surface area contributed by atoms with E-state index >= 15 is 0 Å². The summed E-state index contributed by atoms with van der Waals surface area (Å²) in [4.78, 5) is 35.3. The van der Waals surface area contributed by atoms with Crippen LogP contribution in [-0.2, 0) is 20.0 Å². The van der Waals surface area contributed by atoms with Gasteiger partial charge in [-0.25, -0.2) is 16.8 Å². The van der Waals surface area contributed by atoms with Crippen molar-refractivity contribution in [1.29, 1.82) is 0 Å². The normalized spacial score (nSPS) is 11.6. The molecule has 234 valence electrons. The number of carbonyl (C=O) groups excluding carboxylic acids is 2. The third-order valence-electron chi connectivity index (χ3n) is 7.24. The molecule has 0 spiro atoms. The zero-order chi connectivity index (χ0) is 33.2. The molecule has 2 aromatic heterocycles. The van der Waals surface area contributed by atoms with Gasteiger partial charge in [0.25, 0.3) is 31.9 Å². The molecule has 12 heteroatoms. The standard InChI is InChI=1S/C34H30N4O6S2/c1-23-5-11-31(25(3)21-23)45(41,42)37(33(39)27-13-17-35-18-14-27)29-7-9-30(10-8-29)38(34(40)28-15-19-36-20-16-28)46(43,44)32-12-6-24(2)22-26(32)4/h5-22H,1-4H3. The van der Waals surface area contributed by atoms with Crippen molar-refractivity contribution < 1.29 is 26.4 Å². The number of carbonyl (C=O) groups is 2. The summed E-state index contributed by atoms with van der Waals surface area (Å²) in [6, 6.07) is 20.3. The molecule has 0 fully saturated rings. The van der Waals surface area contributed by atoms with Gasteiger partial charge in [0.1, 0.15) is 0 Å². The third-order valence-corrected chi connectivity index (χ3v) is 11.0. The largest absolute Gasteiger partial charge is 0.272 e. The first-order valence-corrected chi connectivity index (χ1v) is 16.9. The van der Waals surface area contributed by atoms with Gasteiger partial charge in [-0.15, -0.1) is 0 Å². The number of sulfonamides is 2. The first-order valence-electron chi connectivity index (χ1n) is 14.1. The minimum absolute atomic E-state index is 0.0641. The van der Waals surface area contributed by atoms with Crippen molar-refractivity contribution in [2.45, 2.75) is 37.5 Å². The highest BCUT2D eigenvalue weighted by molar-refractivity contribution is 7.94. The fourth-order valence-electron chi connectivity index (χ4n) is 5.05. The van der Waals surface area contributed by atoms with Gasteiger partial charge in [0, 0.05) is 35.9 Å². The predicted octanol–water partition coefficient (Wildman–Crippen LogP) is 5.78. The number of anilines is 2. The van der Waals surface area contributed by atoms with E-state index in [0.29, 0.717) is 19.7 Å². The van der Waals surface area contributed by atoms with E-state index in [0.717, 1.165) is 11.1 Å². The molecule has 0 atom stereocenters. The Hall–Kier alpha value is -5.20. The van der Waals surface area contributed by atoms with Crippen molar-refractivity contribution >= 4 is 43.2 Å². The van der Waals surface area contributed by atoms with E-state index < -0.39 is 31.9 Å². The van der Waals surface area contributed by atoms with Crippen molar-refractivity contribution in [3.8, 4) is 0 Å². The van der Waals surface area contributed by atoms with Gasteiger partial charge in [-0.2, -0.15) is 8.61 Å². The van der Waals surface area contributed by atoms with Gasteiger partial charge >= 0.3 is 0 Å². The van der Waals surface area contributed by atoms with Crippen LogP contribution in [0, 0.1) is 27.7 Å². The molecule has 0 aliphatic heterocycles. The van der Waals surface area contributed by atoms with Crippen molar-refractivity contribution in [3.05, 3.63) is 143 Å². The van der Waals surface area contributed by atoms with E-state index in [9.17, 15) is 26.4 Å². The molecule has 2 amide bonds. The Morgan fingerprint density at radius 2 is 0.826 bits per heavy atom. The second-order valence-corrected chi connectivity index (χ2v) is 14.2. The van der Waals surface area contributed by atoms with Crippen LogP contribution in [0.4, 0.5) is 11.4 Å². The van der Waals surface area contributed by atoms with Gasteiger partial charge in [-0.3, -0.25) is 19.6 Å². The Morgan fingerprint density at radius 1 is 0.500 bits per heavy atom. The lowest BCUT2D eigenvalue weighted by Gasteiger charge is -2.26. The molecular formula is C34H30N4O6S2. The Kier molecular flexibility index (Phi) is 8.86. The minimum atomic E-state index is -4.46. The fraction of sp³-hybridized carbons (Fsp3) is 0.118. The highest BCUT2D eigenvalue weighted by Crippen LogP contribution is 2.33. The van der Waals surface area contributed by atoms with Crippen molar-refractivity contribution in [3.63, 3.8) is 0 Å². The molecule has 5 aromatic rings. The van der Waals surface area contributed by atoms with Crippen molar-refractivity contribution in [1.82, 2.24) is 9.97 Å². The molecule has 10 nitrogen and oxygen atoms in total. The first-order chi connectivity index (χ1) is 21.8. The van der Waals surface area contributed by atoms with E-state index in [-0.39, 0.29) is 32.3 Å². The molecule has 0 radical (unpaired) electrons. The lowest BCUT2D eigenvalue weighted by molar-refractivity contribution is 0.0996. The summed E-state index contributed by atoms with van der Waals surface area (Å²) < 4.78 is 57.8. The van der Waals surface area contributed by atoms with E-state index in [1.165, 1.54) is 85.5 Å². The zero-order valence-corrected chi connectivity index (χ0v) is 27.1. The maximum atomic E-state index is 14.1. The summed E-state index contributed by atoms with van der Waals surface area (Å²) in [5.41, 5.74) is 2.58. The van der Waals surface area contributed by atoms with Crippen LogP contribution in [0.3, 0.4) is 0 Å². The van der Waals surface area contributed by atoms with Crippen molar-refractivity contribution in [2.24, 2.45) is 0 Å². The number of aryl methyl sites for hydroxylation is 4. The zero-order valence-electron chi connectivity index (χ0n) is 25.4. The number of nitrogens with zero attached hydrogens (tertiary/aromatic N) is 4. The molecule has 3 aromatic carbocycles. The highest BCUT2D eigenvalue weighted by Gasteiger charge is 2.35. The number of hydrogen-bond acceptors (Lipinski definition) is 8. The Labute approximate surface area is 268 Å². The van der Waals surface area contributed by atoms with Gasteiger partial charge in [-0.05, 0) is 99.5 Å². The molecule has 2 heterocycles. The molecule has 0 unspecified atom stereocenters. The lowest BCUT2D eigenvalue weighted by Crippen LogP contribution is -2.38. The summed E-state index contributed by atoms with van der Waals surface area (Å²) in [6.45, 7) is 6.93. The van der Waals surface area contributed by atoms with E-state index in [4.69, 9.17) is 0 Å². The molecule has 0 N–H and O–H groups in total. The van der Waals surface area contributed by atoms with Crippen LogP contribution in [0.25, 0.3) is 0 Å². The molecule has 5 rings (SSSR count). The highest BCUT2D eigenvalue weighted by atomic mass is 32.2. The van der Waals surface area contributed by atoms with E-state index in [1.54, 1.807) is 38.1 Å². The van der Waals surface area contributed by atoms with Crippen LogP contribution in [0.2, 0.25) is 0 Å². The predicted molar refractivity (Wildman–Crippen MR) is 175 cm³/mol. The van der Waals surface area contributed by atoms with E-state index in [2.05, 4.69) is 9.97 Å². The summed E-state index contributed by atoms with van der Waals surface area (Å²) >= 11 is 0. The first kappa shape index (κ1) is 32.2. The molecule has 0 saturated heterocycles. The molecule has 0 bridgehead atoms. The maximum Gasteiger partial charge on any atom is 0.272 e. The molecule has 0 saturated carbocycles. The molecular weight excluding hydrogens is 625 g/mol.